The van der Waals surface area contributed by atoms with Crippen molar-refractivity contribution in [3.63, 3.8) is 0 Å². The Labute approximate surface area is 224 Å². The van der Waals surface area contributed by atoms with Gasteiger partial charge in [0.05, 0.1) is 16.2 Å². The number of carboxylic acids is 2. The van der Waals surface area contributed by atoms with E-state index in [1.54, 1.807) is 12.1 Å². The fraction of sp³-hybridized carbons (Fsp3) is 0.250. The van der Waals surface area contributed by atoms with Gasteiger partial charge in [0, 0.05) is 31.3 Å². The summed E-state index contributed by atoms with van der Waals surface area (Å²) in [5.41, 5.74) is 10.2. The number of aromatic nitrogens is 2. The highest BCUT2D eigenvalue weighted by atomic mass is 19.2. The highest BCUT2D eigenvalue weighted by molar-refractivity contribution is 5.78. The molecule has 1 atom stereocenters. The van der Waals surface area contributed by atoms with Crippen LogP contribution in [0.5, 0.6) is 0 Å². The van der Waals surface area contributed by atoms with E-state index in [0.717, 1.165) is 12.1 Å². The summed E-state index contributed by atoms with van der Waals surface area (Å²) in [5.74, 6) is -5.85. The number of carboxylic acid groups (broad SMARTS) is 2. The molecular weight excluding hydrogens is 536 g/mol. The molecule has 40 heavy (non-hydrogen) atoms. The van der Waals surface area contributed by atoms with Gasteiger partial charge in [-0.25, -0.2) is 9.18 Å². The zero-order chi connectivity index (χ0) is 29.6. The molecular formula is C24H25F2N7O7. The van der Waals surface area contributed by atoms with Gasteiger partial charge in [-0.1, -0.05) is 12.1 Å². The third-order valence-corrected chi connectivity index (χ3v) is 5.89. The first kappa shape index (κ1) is 29.3. The number of halogens is 2. The molecule has 8 N–H and O–H groups in total. The number of aromatic amines is 1. The average molecular weight is 562 g/mol. The Hall–Kier alpha value is -5.28. The lowest BCUT2D eigenvalue weighted by atomic mass is 10.1. The molecule has 0 radical (unpaired) electrons. The Kier molecular flexibility index (Phi) is 9.16. The summed E-state index contributed by atoms with van der Waals surface area (Å²) >= 11 is 0. The molecule has 16 heteroatoms. The van der Waals surface area contributed by atoms with Gasteiger partial charge in [-0.2, -0.15) is 9.37 Å². The predicted octanol–water partition coefficient (Wildman–Crippen LogP) is 2.10. The number of nitrogens with two attached hydrogens (primary N) is 2. The number of nitrogens with zero attached hydrogens (tertiary/aromatic N) is 3. The van der Waals surface area contributed by atoms with Crippen LogP contribution in [0.3, 0.4) is 0 Å². The maximum absolute atomic E-state index is 15.0. The number of anilines is 4. The monoisotopic (exact) mass is 561 g/mol. The number of nitrogen functional groups attached to an aromatic ring is 2. The maximum Gasteiger partial charge on any atom is 0.326 e. The van der Waals surface area contributed by atoms with Gasteiger partial charge in [-0.3, -0.25) is 24.7 Å². The Morgan fingerprint density at radius 2 is 1.80 bits per heavy atom. The summed E-state index contributed by atoms with van der Waals surface area (Å²) in [4.78, 5) is 51.9. The van der Waals surface area contributed by atoms with E-state index in [4.69, 9.17) is 16.6 Å². The van der Waals surface area contributed by atoms with Crippen molar-refractivity contribution in [1.29, 1.82) is 0 Å². The topological polar surface area (TPSA) is 231 Å². The van der Waals surface area contributed by atoms with Crippen LogP contribution >= 0.6 is 0 Å². The standard InChI is InChI=1S/C24H25F2N7O7/c25-19-16(6-7-17(20(19)26)33(39)40)32(10-9-14-21(27)30-24(28)31-22(14)36)11-12-1-3-13(4-2-12)29-15(23(37)38)5-8-18(34)35/h1-4,6-7,15,29H,5,8-11H2,(H,34,35)(H,37,38)(H5,27,28,30,31,36). The molecule has 0 amide bonds. The van der Waals surface area contributed by atoms with Crippen LogP contribution < -0.4 is 27.2 Å². The van der Waals surface area contributed by atoms with Crippen LogP contribution in [0, 0.1) is 21.7 Å². The molecule has 1 aromatic heterocycles. The van der Waals surface area contributed by atoms with Crippen LogP contribution in [0.4, 0.5) is 37.6 Å². The van der Waals surface area contributed by atoms with Crippen LogP contribution in [-0.2, 0) is 22.6 Å². The van der Waals surface area contributed by atoms with Gasteiger partial charge >= 0.3 is 17.6 Å². The molecule has 0 aliphatic rings. The number of nitro benzene ring substituents is 1. The van der Waals surface area contributed by atoms with Crippen LogP contribution in [0.2, 0.25) is 0 Å². The number of nitro groups is 1. The third-order valence-electron chi connectivity index (χ3n) is 5.89. The van der Waals surface area contributed by atoms with Crippen molar-refractivity contribution in [3.8, 4) is 0 Å². The maximum atomic E-state index is 15.0. The van der Waals surface area contributed by atoms with E-state index in [1.165, 1.54) is 17.0 Å². The molecule has 1 heterocycles. The number of carbonyl (C=O) groups is 2. The van der Waals surface area contributed by atoms with Crippen LogP contribution in [0.25, 0.3) is 0 Å². The fourth-order valence-corrected chi connectivity index (χ4v) is 3.87. The molecule has 0 aliphatic carbocycles. The minimum atomic E-state index is -1.65. The van der Waals surface area contributed by atoms with Crippen molar-refractivity contribution >= 4 is 40.8 Å². The molecule has 212 valence electrons. The smallest absolute Gasteiger partial charge is 0.326 e. The number of benzene rings is 2. The summed E-state index contributed by atoms with van der Waals surface area (Å²) in [5, 5.41) is 31.9. The second kappa shape index (κ2) is 12.5. The van der Waals surface area contributed by atoms with Crippen molar-refractivity contribution in [3.05, 3.63) is 79.6 Å². The summed E-state index contributed by atoms with van der Waals surface area (Å²) < 4.78 is 29.4. The van der Waals surface area contributed by atoms with Crippen molar-refractivity contribution in [2.75, 3.05) is 28.2 Å². The van der Waals surface area contributed by atoms with Crippen LogP contribution in [-0.4, -0.2) is 49.6 Å². The molecule has 3 rings (SSSR count). The van der Waals surface area contributed by atoms with Gasteiger partial charge in [0.2, 0.25) is 11.8 Å². The Balaban J connectivity index is 1.88. The summed E-state index contributed by atoms with van der Waals surface area (Å²) in [6.07, 6.45) is -0.589. The Morgan fingerprint density at radius 3 is 2.38 bits per heavy atom. The highest BCUT2D eigenvalue weighted by Crippen LogP contribution is 2.30. The predicted molar refractivity (Wildman–Crippen MR) is 140 cm³/mol. The second-order valence-electron chi connectivity index (χ2n) is 8.64. The number of hydrogen-bond acceptors (Lipinski definition) is 10. The molecule has 3 aromatic rings. The van der Waals surface area contributed by atoms with E-state index in [0.29, 0.717) is 11.3 Å². The second-order valence-corrected chi connectivity index (χ2v) is 8.64. The lowest BCUT2D eigenvalue weighted by molar-refractivity contribution is -0.387. The molecule has 14 nitrogen and oxygen atoms in total. The molecule has 0 spiro atoms. The van der Waals surface area contributed by atoms with Gasteiger partial charge in [0.15, 0.2) is 5.82 Å². The quantitative estimate of drug-likeness (QED) is 0.130. The number of H-pyrrole nitrogens is 1. The number of hydrogen-bond donors (Lipinski definition) is 6. The largest absolute Gasteiger partial charge is 0.481 e. The van der Waals surface area contributed by atoms with Gasteiger partial charge in [0.1, 0.15) is 11.9 Å². The zero-order valence-corrected chi connectivity index (χ0v) is 20.8. The van der Waals surface area contributed by atoms with E-state index in [2.05, 4.69) is 15.3 Å². The molecule has 2 aromatic carbocycles. The van der Waals surface area contributed by atoms with Gasteiger partial charge in [0.25, 0.3) is 5.56 Å². The van der Waals surface area contributed by atoms with Crippen molar-refractivity contribution in [2.45, 2.75) is 31.8 Å². The normalized spacial score (nSPS) is 11.6. The lowest BCUT2D eigenvalue weighted by Gasteiger charge is -2.26. The van der Waals surface area contributed by atoms with Gasteiger partial charge in [-0.05, 0) is 36.6 Å². The Bertz CT molecular complexity index is 1480. The molecule has 0 bridgehead atoms. The highest BCUT2D eigenvalue weighted by Gasteiger charge is 2.25. The van der Waals surface area contributed by atoms with E-state index >= 15 is 0 Å². The summed E-state index contributed by atoms with van der Waals surface area (Å²) in [6.45, 7) is -0.153. The average Bonchev–Trinajstić information content (AvgIpc) is 2.87. The first-order chi connectivity index (χ1) is 18.9. The SMILES string of the molecule is Nc1nc(N)c(CCN(Cc2ccc(NC(CCC(=O)O)C(=O)O)cc2)c2ccc([N+](=O)[O-])c(F)c2F)c(=O)[nH]1. The van der Waals surface area contributed by atoms with Crippen molar-refractivity contribution in [2.24, 2.45) is 0 Å². The Morgan fingerprint density at radius 1 is 1.12 bits per heavy atom. The van der Waals surface area contributed by atoms with E-state index in [-0.39, 0.29) is 55.4 Å². The summed E-state index contributed by atoms with van der Waals surface area (Å²) in [7, 11) is 0. The molecule has 0 fully saturated rings. The minimum Gasteiger partial charge on any atom is -0.481 e. The first-order valence-corrected chi connectivity index (χ1v) is 11.7. The van der Waals surface area contributed by atoms with E-state index < -0.39 is 45.8 Å². The third kappa shape index (κ3) is 7.18. The van der Waals surface area contributed by atoms with Crippen LogP contribution in [0.1, 0.15) is 24.0 Å². The van der Waals surface area contributed by atoms with Crippen molar-refractivity contribution in [1.82, 2.24) is 9.97 Å². The molecule has 0 saturated heterocycles. The summed E-state index contributed by atoms with van der Waals surface area (Å²) in [6, 6.07) is 6.87. The van der Waals surface area contributed by atoms with E-state index in [1.807, 2.05) is 0 Å². The zero-order valence-electron chi connectivity index (χ0n) is 20.8. The first-order valence-electron chi connectivity index (χ1n) is 11.7. The number of rotatable bonds is 13. The van der Waals surface area contributed by atoms with Gasteiger partial charge in [-0.15, -0.1) is 0 Å². The minimum absolute atomic E-state index is 0.0441. The fourth-order valence-electron chi connectivity index (χ4n) is 3.87. The molecule has 0 saturated carbocycles. The number of aliphatic carboxylic acids is 2. The van der Waals surface area contributed by atoms with Crippen molar-refractivity contribution < 1.29 is 33.5 Å². The molecule has 1 unspecified atom stereocenters. The van der Waals surface area contributed by atoms with Crippen LogP contribution in [0.15, 0.2) is 41.2 Å². The molecule has 0 aliphatic heterocycles. The number of nitrogens with one attached hydrogen (secondary N) is 2. The lowest BCUT2D eigenvalue weighted by Crippen LogP contribution is -2.30. The van der Waals surface area contributed by atoms with Gasteiger partial charge < -0.3 is 31.9 Å². The van der Waals surface area contributed by atoms with E-state index in [9.17, 15) is 38.4 Å².